The number of aromatic hydroxyl groups is 2. The third-order valence-corrected chi connectivity index (χ3v) is 8.82. The van der Waals surface area contributed by atoms with Crippen LogP contribution in [0, 0.1) is 13.8 Å². The molecule has 4 N–H and O–H groups in total. The molecule has 0 spiro atoms. The molecular formula is C32H26N4O4S. The summed E-state index contributed by atoms with van der Waals surface area (Å²) in [6.45, 7) is 3.85. The Morgan fingerprint density at radius 3 is 1.49 bits per heavy atom. The number of aromatic amines is 2. The highest BCUT2D eigenvalue weighted by Crippen LogP contribution is 2.35. The number of phenolic OH excluding ortho intramolecular Hbond substituents is 2. The van der Waals surface area contributed by atoms with Crippen molar-refractivity contribution in [3.05, 3.63) is 107 Å². The third kappa shape index (κ3) is 4.76. The lowest BCUT2D eigenvalue weighted by Crippen LogP contribution is -2.01. The Morgan fingerprint density at radius 1 is 0.634 bits per heavy atom. The number of nitrogens with zero attached hydrogens (tertiary/aromatic N) is 2. The molecular weight excluding hydrogens is 536 g/mol. The highest BCUT2D eigenvalue weighted by atomic mass is 32.2. The first kappa shape index (κ1) is 26.1. The highest BCUT2D eigenvalue weighted by Gasteiger charge is 2.21. The van der Waals surface area contributed by atoms with E-state index in [-0.39, 0.29) is 32.7 Å². The van der Waals surface area contributed by atoms with Crippen molar-refractivity contribution in [3.8, 4) is 11.5 Å². The molecule has 2 heterocycles. The number of sulfone groups is 1. The summed E-state index contributed by atoms with van der Waals surface area (Å²) in [6.07, 6.45) is 3.22. The van der Waals surface area contributed by atoms with Crippen molar-refractivity contribution in [2.45, 2.75) is 23.6 Å². The minimum atomic E-state index is -4.03. The maximum atomic E-state index is 13.6. The largest absolute Gasteiger partial charge is 0.506 e. The monoisotopic (exact) mass is 562 g/mol. The molecule has 0 aliphatic rings. The molecule has 41 heavy (non-hydrogen) atoms. The fourth-order valence-electron chi connectivity index (χ4n) is 4.88. The first-order valence-electron chi connectivity index (χ1n) is 12.9. The van der Waals surface area contributed by atoms with E-state index in [1.54, 1.807) is 12.4 Å². The van der Waals surface area contributed by atoms with Crippen LogP contribution in [0.3, 0.4) is 0 Å². The summed E-state index contributed by atoms with van der Waals surface area (Å²) in [5.41, 5.74) is 5.64. The molecule has 0 aliphatic carbocycles. The summed E-state index contributed by atoms with van der Waals surface area (Å²) in [7, 11) is -4.03. The van der Waals surface area contributed by atoms with E-state index in [4.69, 9.17) is 0 Å². The van der Waals surface area contributed by atoms with Gasteiger partial charge in [-0.1, -0.05) is 36.4 Å². The van der Waals surface area contributed by atoms with Crippen LogP contribution in [0.2, 0.25) is 0 Å². The minimum absolute atomic E-state index is 0.0498. The van der Waals surface area contributed by atoms with Gasteiger partial charge in [0, 0.05) is 56.7 Å². The predicted octanol–water partition coefficient (Wildman–Crippen LogP) is 7.01. The third-order valence-electron chi connectivity index (χ3n) is 7.07. The van der Waals surface area contributed by atoms with E-state index in [0.717, 1.165) is 44.3 Å². The second-order valence-electron chi connectivity index (χ2n) is 9.74. The normalized spacial score (nSPS) is 12.3. The zero-order valence-electron chi connectivity index (χ0n) is 22.3. The van der Waals surface area contributed by atoms with Gasteiger partial charge in [-0.3, -0.25) is 9.98 Å². The van der Waals surface area contributed by atoms with Crippen LogP contribution in [0.25, 0.3) is 21.8 Å². The molecule has 0 bridgehead atoms. The number of rotatable bonds is 6. The fraction of sp³-hybridized carbons (Fsp3) is 0.0625. The van der Waals surface area contributed by atoms with Crippen LogP contribution in [-0.4, -0.2) is 41.0 Å². The van der Waals surface area contributed by atoms with Crippen molar-refractivity contribution < 1.29 is 18.6 Å². The summed E-state index contributed by atoms with van der Waals surface area (Å²) in [6, 6.07) is 23.5. The number of benzene rings is 4. The Hall–Kier alpha value is -5.15. The van der Waals surface area contributed by atoms with E-state index in [1.165, 1.54) is 36.4 Å². The van der Waals surface area contributed by atoms with Gasteiger partial charge in [0.1, 0.15) is 22.9 Å². The molecule has 0 unspecified atom stereocenters. The molecule has 2 aromatic heterocycles. The van der Waals surface area contributed by atoms with Gasteiger partial charge < -0.3 is 20.2 Å². The lowest BCUT2D eigenvalue weighted by atomic mass is 10.1. The standard InChI is InChI=1S/C32H26N4O4S/c1-19-25(23-7-3-5-9-27(23)35-19)17-33-29-15-21(11-13-31(29)37)41(39,40)22-12-14-32(38)30(16-22)34-18-26-20(2)36-28-10-6-4-8-24(26)28/h3-18,35-38H,1-2H3. The fourth-order valence-corrected chi connectivity index (χ4v) is 6.18. The van der Waals surface area contributed by atoms with Crippen molar-refractivity contribution in [1.82, 2.24) is 9.97 Å². The van der Waals surface area contributed by atoms with Crippen molar-refractivity contribution in [3.63, 3.8) is 0 Å². The molecule has 0 atom stereocenters. The molecule has 0 aliphatic heterocycles. The first-order valence-corrected chi connectivity index (χ1v) is 14.3. The van der Waals surface area contributed by atoms with Gasteiger partial charge in [-0.2, -0.15) is 0 Å². The van der Waals surface area contributed by atoms with Crippen LogP contribution in [0.5, 0.6) is 11.5 Å². The van der Waals surface area contributed by atoms with Crippen molar-refractivity contribution in [2.75, 3.05) is 0 Å². The van der Waals surface area contributed by atoms with Crippen LogP contribution in [-0.2, 0) is 9.84 Å². The van der Waals surface area contributed by atoms with E-state index in [0.29, 0.717) is 0 Å². The molecule has 0 fully saturated rings. The molecule has 0 saturated heterocycles. The van der Waals surface area contributed by atoms with E-state index in [1.807, 2.05) is 62.4 Å². The quantitative estimate of drug-likeness (QED) is 0.163. The number of fused-ring (bicyclic) bond motifs is 2. The summed E-state index contributed by atoms with van der Waals surface area (Å²) < 4.78 is 27.2. The number of phenols is 2. The number of hydrogen-bond acceptors (Lipinski definition) is 6. The Bertz CT molecular complexity index is 1980. The summed E-state index contributed by atoms with van der Waals surface area (Å²) in [5, 5.41) is 22.8. The molecule has 6 rings (SSSR count). The van der Waals surface area contributed by atoms with Crippen molar-refractivity contribution >= 4 is 55.4 Å². The van der Waals surface area contributed by atoms with Gasteiger partial charge in [0.15, 0.2) is 0 Å². The van der Waals surface area contributed by atoms with Crippen LogP contribution in [0.15, 0.2) is 105 Å². The molecule has 0 amide bonds. The van der Waals surface area contributed by atoms with E-state index in [2.05, 4.69) is 20.0 Å². The highest BCUT2D eigenvalue weighted by molar-refractivity contribution is 7.91. The second kappa shape index (κ2) is 10.1. The Balaban J connectivity index is 1.34. The molecule has 0 radical (unpaired) electrons. The maximum absolute atomic E-state index is 13.6. The lowest BCUT2D eigenvalue weighted by molar-refractivity contribution is 0.476. The van der Waals surface area contributed by atoms with Crippen LogP contribution >= 0.6 is 0 Å². The van der Waals surface area contributed by atoms with Crippen molar-refractivity contribution in [2.24, 2.45) is 9.98 Å². The van der Waals surface area contributed by atoms with E-state index in [9.17, 15) is 18.6 Å². The SMILES string of the molecule is Cc1[nH]c2ccccc2c1C=Nc1cc(S(=O)(=O)c2ccc(O)c(N=Cc3c(C)[nH]c4ccccc34)c2)ccc1O. The van der Waals surface area contributed by atoms with Gasteiger partial charge in [-0.05, 0) is 62.4 Å². The van der Waals surface area contributed by atoms with Crippen LogP contribution in [0.1, 0.15) is 22.5 Å². The number of para-hydroxylation sites is 2. The summed E-state index contributed by atoms with van der Waals surface area (Å²) >= 11 is 0. The van der Waals surface area contributed by atoms with Crippen LogP contribution < -0.4 is 0 Å². The van der Waals surface area contributed by atoms with E-state index < -0.39 is 9.84 Å². The average molecular weight is 563 g/mol. The zero-order chi connectivity index (χ0) is 28.7. The number of aryl methyl sites for hydroxylation is 2. The minimum Gasteiger partial charge on any atom is -0.506 e. The molecule has 4 aromatic carbocycles. The number of aromatic nitrogens is 2. The van der Waals surface area contributed by atoms with Crippen LogP contribution in [0.4, 0.5) is 11.4 Å². The van der Waals surface area contributed by atoms with E-state index >= 15 is 0 Å². The Kier molecular flexibility index (Phi) is 6.43. The topological polar surface area (TPSA) is 131 Å². The molecule has 9 heteroatoms. The van der Waals surface area contributed by atoms with Gasteiger partial charge in [0.05, 0.1) is 9.79 Å². The van der Waals surface area contributed by atoms with Gasteiger partial charge >= 0.3 is 0 Å². The molecule has 204 valence electrons. The van der Waals surface area contributed by atoms with Gasteiger partial charge in [-0.25, -0.2) is 8.42 Å². The zero-order valence-corrected chi connectivity index (χ0v) is 23.1. The first-order chi connectivity index (χ1) is 19.7. The van der Waals surface area contributed by atoms with Gasteiger partial charge in [0.25, 0.3) is 0 Å². The molecule has 8 nitrogen and oxygen atoms in total. The summed E-state index contributed by atoms with van der Waals surface area (Å²) in [4.78, 5) is 15.3. The smallest absolute Gasteiger partial charge is 0.206 e. The van der Waals surface area contributed by atoms with Gasteiger partial charge in [-0.15, -0.1) is 0 Å². The number of hydrogen-bond donors (Lipinski definition) is 4. The van der Waals surface area contributed by atoms with Gasteiger partial charge in [0.2, 0.25) is 9.84 Å². The molecule has 0 saturated carbocycles. The Morgan fingerprint density at radius 2 is 1.05 bits per heavy atom. The summed E-state index contributed by atoms with van der Waals surface area (Å²) in [5.74, 6) is -0.300. The maximum Gasteiger partial charge on any atom is 0.206 e. The average Bonchev–Trinajstić information content (AvgIpc) is 3.46. The number of nitrogens with one attached hydrogen (secondary N) is 2. The second-order valence-corrected chi connectivity index (χ2v) is 11.7. The Labute approximate surface area is 236 Å². The molecule has 6 aromatic rings. The van der Waals surface area contributed by atoms with Crippen molar-refractivity contribution in [1.29, 1.82) is 0 Å². The lowest BCUT2D eigenvalue weighted by Gasteiger charge is -2.08. The predicted molar refractivity (Wildman–Crippen MR) is 162 cm³/mol. The number of aliphatic imine (C=N–C) groups is 2. The number of H-pyrrole nitrogens is 2.